The fourth-order valence-corrected chi connectivity index (χ4v) is 6.43. The summed E-state index contributed by atoms with van der Waals surface area (Å²) in [6.45, 7) is 6.57. The number of benzene rings is 2. The summed E-state index contributed by atoms with van der Waals surface area (Å²) in [4.78, 5) is 33.7. The standard InChI is InChI=1S/C33H41BN4O7/c1-3-38(27-11-14-43-15-12-27)32(39)29(19-35)22(2)16-23-8-9-24-10-13-37(20-25(24)17-23)45-33(40)36-31(34(41)42)18-26-21-44-30-7-5-4-6-28(26)30/h4-9,17,21-22,27,29,31,41-42H,3,10-16,18,20H2,1-2H3,(H,36,40)/t22?,29?,31-/m0/s1. The van der Waals surface area contributed by atoms with Gasteiger partial charge in [-0.3, -0.25) is 4.79 Å². The van der Waals surface area contributed by atoms with Crippen molar-refractivity contribution >= 4 is 30.1 Å². The number of amides is 2. The van der Waals surface area contributed by atoms with Crippen LogP contribution in [0.2, 0.25) is 0 Å². The second-order valence-corrected chi connectivity index (χ2v) is 12.0. The monoisotopic (exact) mass is 616 g/mol. The van der Waals surface area contributed by atoms with Crippen LogP contribution in [0.5, 0.6) is 0 Å². The molecule has 2 aliphatic heterocycles. The first-order chi connectivity index (χ1) is 21.8. The van der Waals surface area contributed by atoms with Crippen molar-refractivity contribution in [3.63, 3.8) is 0 Å². The first kappa shape index (κ1) is 32.5. The maximum absolute atomic E-state index is 13.4. The molecule has 0 aliphatic carbocycles. The van der Waals surface area contributed by atoms with Crippen LogP contribution in [0.1, 0.15) is 48.9 Å². The first-order valence-corrected chi connectivity index (χ1v) is 15.7. The highest BCUT2D eigenvalue weighted by Crippen LogP contribution is 2.27. The lowest BCUT2D eigenvalue weighted by Gasteiger charge is -2.35. The van der Waals surface area contributed by atoms with Gasteiger partial charge in [-0.05, 0) is 73.3 Å². The Morgan fingerprint density at radius 1 is 1.18 bits per heavy atom. The summed E-state index contributed by atoms with van der Waals surface area (Å²) in [5.41, 5.74) is 4.57. The second kappa shape index (κ2) is 14.9. The van der Waals surface area contributed by atoms with Crippen molar-refractivity contribution in [3.05, 3.63) is 71.0 Å². The molecule has 2 aliphatic rings. The van der Waals surface area contributed by atoms with Crippen molar-refractivity contribution < 1.29 is 33.6 Å². The molecule has 45 heavy (non-hydrogen) atoms. The van der Waals surface area contributed by atoms with Gasteiger partial charge in [-0.25, -0.2) is 4.79 Å². The van der Waals surface area contributed by atoms with Gasteiger partial charge in [0, 0.05) is 37.7 Å². The van der Waals surface area contributed by atoms with E-state index in [0.29, 0.717) is 51.3 Å². The molecule has 0 radical (unpaired) electrons. The lowest BCUT2D eigenvalue weighted by molar-refractivity contribution is -0.139. The summed E-state index contributed by atoms with van der Waals surface area (Å²) in [6.07, 6.45) is 3.71. The molecule has 2 aromatic carbocycles. The lowest BCUT2D eigenvalue weighted by atomic mass is 9.76. The minimum absolute atomic E-state index is 0.104. The predicted octanol–water partition coefficient (Wildman–Crippen LogP) is 3.40. The Hall–Kier alpha value is -3.89. The highest BCUT2D eigenvalue weighted by Gasteiger charge is 2.34. The molecule has 1 fully saturated rings. The molecule has 0 bridgehead atoms. The van der Waals surface area contributed by atoms with Crippen LogP contribution in [-0.4, -0.2) is 77.4 Å². The Kier molecular flexibility index (Phi) is 10.8. The van der Waals surface area contributed by atoms with Crippen LogP contribution in [-0.2, 0) is 40.2 Å². The van der Waals surface area contributed by atoms with Crippen LogP contribution >= 0.6 is 0 Å². The Balaban J connectivity index is 1.18. The predicted molar refractivity (Wildman–Crippen MR) is 167 cm³/mol. The van der Waals surface area contributed by atoms with Crippen molar-refractivity contribution in [3.8, 4) is 6.07 Å². The van der Waals surface area contributed by atoms with E-state index in [1.165, 1.54) is 0 Å². The molecule has 11 nitrogen and oxygen atoms in total. The molecule has 0 spiro atoms. The molecular weight excluding hydrogens is 575 g/mol. The topological polar surface area (TPSA) is 148 Å². The smallest absolute Gasteiger partial charge is 0.464 e. The van der Waals surface area contributed by atoms with Crippen LogP contribution < -0.4 is 5.32 Å². The number of fused-ring (bicyclic) bond motifs is 2. The molecule has 1 aromatic heterocycles. The molecule has 2 unspecified atom stereocenters. The molecule has 1 saturated heterocycles. The number of nitriles is 1. The van der Waals surface area contributed by atoms with Crippen LogP contribution in [0, 0.1) is 23.2 Å². The Morgan fingerprint density at radius 2 is 1.96 bits per heavy atom. The van der Waals surface area contributed by atoms with Gasteiger partial charge in [0.25, 0.3) is 0 Å². The minimum Gasteiger partial charge on any atom is -0.464 e. The molecule has 5 rings (SSSR count). The molecule has 3 heterocycles. The molecule has 2 amide bonds. The number of nitrogens with one attached hydrogen (secondary N) is 1. The zero-order valence-electron chi connectivity index (χ0n) is 25.9. The van der Waals surface area contributed by atoms with E-state index in [9.17, 15) is 24.9 Å². The summed E-state index contributed by atoms with van der Waals surface area (Å²) in [7, 11) is -1.80. The number of nitrogens with zero attached hydrogens (tertiary/aromatic N) is 3. The summed E-state index contributed by atoms with van der Waals surface area (Å²) in [5.74, 6) is -2.06. The van der Waals surface area contributed by atoms with E-state index in [2.05, 4.69) is 23.5 Å². The van der Waals surface area contributed by atoms with Crippen LogP contribution in [0.15, 0.2) is 53.1 Å². The van der Waals surface area contributed by atoms with Gasteiger partial charge in [-0.2, -0.15) is 5.26 Å². The van der Waals surface area contributed by atoms with E-state index in [-0.39, 0.29) is 24.3 Å². The van der Waals surface area contributed by atoms with Gasteiger partial charge >= 0.3 is 13.2 Å². The Morgan fingerprint density at radius 3 is 2.69 bits per heavy atom. The van der Waals surface area contributed by atoms with Gasteiger partial charge in [0.05, 0.1) is 24.8 Å². The van der Waals surface area contributed by atoms with Gasteiger partial charge in [-0.15, -0.1) is 5.06 Å². The number of furan rings is 1. The van der Waals surface area contributed by atoms with E-state index in [1.807, 2.05) is 49.1 Å². The molecule has 0 saturated carbocycles. The highest BCUT2D eigenvalue weighted by atomic mass is 16.7. The SMILES string of the molecule is CCN(C(=O)C(C#N)C(C)Cc1ccc2c(c1)CN(OC(=O)N[C@@H](Cc1coc3ccccc13)B(O)O)CC2)C1CCOCC1. The van der Waals surface area contributed by atoms with Gasteiger partial charge in [0.2, 0.25) is 5.91 Å². The second-order valence-electron chi connectivity index (χ2n) is 12.0. The quantitative estimate of drug-likeness (QED) is 0.276. The van der Waals surface area contributed by atoms with Gasteiger partial charge < -0.3 is 34.3 Å². The number of carbonyl (C=O) groups excluding carboxylic acids is 2. The summed E-state index contributed by atoms with van der Waals surface area (Å²) < 4.78 is 11.0. The number of hydrogen-bond acceptors (Lipinski definition) is 9. The van der Waals surface area contributed by atoms with E-state index >= 15 is 0 Å². The largest absolute Gasteiger partial charge is 0.475 e. The Labute approximate surface area is 263 Å². The summed E-state index contributed by atoms with van der Waals surface area (Å²) >= 11 is 0. The number of hydroxylamine groups is 2. The lowest BCUT2D eigenvalue weighted by Crippen LogP contribution is -2.49. The van der Waals surface area contributed by atoms with Crippen molar-refractivity contribution in [1.82, 2.24) is 15.3 Å². The zero-order valence-corrected chi connectivity index (χ0v) is 25.9. The van der Waals surface area contributed by atoms with E-state index in [1.54, 1.807) is 11.3 Å². The Bertz CT molecular complexity index is 1520. The number of ether oxygens (including phenoxy) is 1. The molecule has 3 aromatic rings. The van der Waals surface area contributed by atoms with E-state index in [0.717, 1.165) is 40.5 Å². The summed E-state index contributed by atoms with van der Waals surface area (Å²) in [5, 5.41) is 34.9. The third-order valence-corrected chi connectivity index (χ3v) is 8.91. The minimum atomic E-state index is -1.80. The molecule has 3 atom stereocenters. The average Bonchev–Trinajstić information content (AvgIpc) is 3.44. The first-order valence-electron chi connectivity index (χ1n) is 15.7. The van der Waals surface area contributed by atoms with Crippen molar-refractivity contribution in [2.45, 2.75) is 64.5 Å². The van der Waals surface area contributed by atoms with Gasteiger partial charge in [0.1, 0.15) is 11.5 Å². The van der Waals surface area contributed by atoms with Crippen molar-refractivity contribution in [1.29, 1.82) is 5.26 Å². The number of rotatable bonds is 11. The van der Waals surface area contributed by atoms with E-state index < -0.39 is 25.1 Å². The number of carbonyl (C=O) groups is 2. The fraction of sp³-hybridized carbons (Fsp3) is 0.485. The molecule has 12 heteroatoms. The highest BCUT2D eigenvalue weighted by molar-refractivity contribution is 6.43. The van der Waals surface area contributed by atoms with Crippen molar-refractivity contribution in [2.75, 3.05) is 26.3 Å². The number of hydrogen-bond donors (Lipinski definition) is 3. The van der Waals surface area contributed by atoms with Crippen molar-refractivity contribution in [2.24, 2.45) is 11.8 Å². The molecule has 238 valence electrons. The van der Waals surface area contributed by atoms with Crippen LogP contribution in [0.4, 0.5) is 4.79 Å². The molecular formula is C33H41BN4O7. The number of para-hydroxylation sites is 1. The normalized spacial score (nSPS) is 17.5. The van der Waals surface area contributed by atoms with E-state index in [4.69, 9.17) is 14.0 Å². The van der Waals surface area contributed by atoms with Crippen LogP contribution in [0.3, 0.4) is 0 Å². The van der Waals surface area contributed by atoms with Gasteiger partial charge in [0.15, 0.2) is 0 Å². The summed E-state index contributed by atoms with van der Waals surface area (Å²) in [6, 6.07) is 15.9. The maximum Gasteiger partial charge on any atom is 0.475 e. The molecule has 3 N–H and O–H groups in total. The third kappa shape index (κ3) is 7.86. The fourth-order valence-electron chi connectivity index (χ4n) is 6.43. The van der Waals surface area contributed by atoms with Gasteiger partial charge in [-0.1, -0.05) is 43.3 Å². The zero-order chi connectivity index (χ0) is 31.9. The third-order valence-electron chi connectivity index (χ3n) is 8.91. The van der Waals surface area contributed by atoms with Crippen LogP contribution in [0.25, 0.3) is 11.0 Å². The maximum atomic E-state index is 13.4. The average molecular weight is 617 g/mol.